The van der Waals surface area contributed by atoms with Crippen molar-refractivity contribution in [2.75, 3.05) is 25.6 Å². The molecule has 0 radical (unpaired) electrons. The van der Waals surface area contributed by atoms with Gasteiger partial charge in [0.2, 0.25) is 5.01 Å². The summed E-state index contributed by atoms with van der Waals surface area (Å²) in [5, 5.41) is 12.0. The molecule has 0 saturated carbocycles. The number of hydrogen-bond donors (Lipinski definition) is 1. The number of aromatic nitrogens is 2. The molecule has 0 bridgehead atoms. The highest BCUT2D eigenvalue weighted by atomic mass is 32.2. The number of thioether (sulfide) groups is 1. The molecule has 0 fully saturated rings. The monoisotopic (exact) mass is 415 g/mol. The highest BCUT2D eigenvalue weighted by molar-refractivity contribution is 7.98. The van der Waals surface area contributed by atoms with Crippen LogP contribution in [0.1, 0.15) is 14.8 Å². The van der Waals surface area contributed by atoms with Crippen molar-refractivity contribution in [2.24, 2.45) is 0 Å². The Morgan fingerprint density at radius 2 is 1.93 bits per heavy atom. The van der Waals surface area contributed by atoms with Crippen LogP contribution in [-0.2, 0) is 5.75 Å². The van der Waals surface area contributed by atoms with Crippen molar-refractivity contribution in [2.45, 2.75) is 10.6 Å². The second-order valence-corrected chi connectivity index (χ2v) is 7.89. The topological polar surface area (TPSA) is 82.6 Å². The lowest BCUT2D eigenvalue weighted by Gasteiger charge is -2.18. The molecule has 0 aliphatic carbocycles. The molecule has 1 amide bonds. The second kappa shape index (κ2) is 8.49. The lowest BCUT2D eigenvalue weighted by atomic mass is 10.3. The van der Waals surface area contributed by atoms with E-state index in [0.717, 1.165) is 27.2 Å². The number of carbonyl (C=O) groups excluding carboxylic acids is 1. The summed E-state index contributed by atoms with van der Waals surface area (Å²) in [7, 11) is 1.60. The van der Waals surface area contributed by atoms with Crippen LogP contribution >= 0.6 is 23.1 Å². The van der Waals surface area contributed by atoms with Crippen LogP contribution in [0.2, 0.25) is 0 Å². The van der Waals surface area contributed by atoms with Crippen molar-refractivity contribution >= 4 is 34.7 Å². The fourth-order valence-corrected chi connectivity index (χ4v) is 4.17. The number of carbonyl (C=O) groups is 1. The van der Waals surface area contributed by atoms with Crippen LogP contribution in [0.3, 0.4) is 0 Å². The summed E-state index contributed by atoms with van der Waals surface area (Å²) in [6, 6.07) is 13.0. The van der Waals surface area contributed by atoms with Crippen LogP contribution in [0.4, 0.5) is 5.69 Å². The van der Waals surface area contributed by atoms with Gasteiger partial charge in [-0.2, -0.15) is 0 Å². The zero-order valence-corrected chi connectivity index (χ0v) is 16.6. The molecule has 0 unspecified atom stereocenters. The van der Waals surface area contributed by atoms with E-state index in [9.17, 15) is 4.79 Å². The number of hydrogen-bond acceptors (Lipinski definition) is 8. The number of nitrogens with zero attached hydrogens (tertiary/aromatic N) is 2. The number of nitrogens with one attached hydrogen (secondary N) is 1. The lowest BCUT2D eigenvalue weighted by molar-refractivity contribution is 0.102. The maximum absolute atomic E-state index is 12.3. The van der Waals surface area contributed by atoms with E-state index in [1.54, 1.807) is 43.1 Å². The lowest BCUT2D eigenvalue weighted by Crippen LogP contribution is -2.15. The van der Waals surface area contributed by atoms with Gasteiger partial charge in [-0.25, -0.2) is 0 Å². The normalized spacial score (nSPS) is 12.5. The summed E-state index contributed by atoms with van der Waals surface area (Å²) < 4.78 is 16.2. The van der Waals surface area contributed by atoms with Crippen molar-refractivity contribution < 1.29 is 19.0 Å². The van der Waals surface area contributed by atoms with Gasteiger partial charge in [0, 0.05) is 10.6 Å². The van der Waals surface area contributed by atoms with Crippen LogP contribution in [-0.4, -0.2) is 36.4 Å². The van der Waals surface area contributed by atoms with Gasteiger partial charge in [-0.1, -0.05) is 11.3 Å². The van der Waals surface area contributed by atoms with Crippen molar-refractivity contribution in [3.63, 3.8) is 0 Å². The van der Waals surface area contributed by atoms with Gasteiger partial charge in [0.1, 0.15) is 24.0 Å². The van der Waals surface area contributed by atoms with Gasteiger partial charge in [-0.3, -0.25) is 4.79 Å². The summed E-state index contributed by atoms with van der Waals surface area (Å²) in [6.45, 7) is 1.13. The molecule has 3 aromatic rings. The summed E-state index contributed by atoms with van der Waals surface area (Å²) in [5.41, 5.74) is 0.674. The first kappa shape index (κ1) is 18.6. The maximum Gasteiger partial charge on any atom is 0.286 e. The van der Waals surface area contributed by atoms with E-state index in [1.807, 2.05) is 18.2 Å². The first-order valence-corrected chi connectivity index (χ1v) is 10.3. The molecular weight excluding hydrogens is 398 g/mol. The molecule has 1 aliphatic heterocycles. The molecule has 0 spiro atoms. The number of anilines is 1. The van der Waals surface area contributed by atoms with E-state index in [1.165, 1.54) is 11.3 Å². The zero-order chi connectivity index (χ0) is 19.3. The van der Waals surface area contributed by atoms with Crippen LogP contribution in [0, 0.1) is 0 Å². The quantitative estimate of drug-likeness (QED) is 0.612. The van der Waals surface area contributed by atoms with Crippen molar-refractivity contribution in [1.29, 1.82) is 0 Å². The molecule has 4 rings (SSSR count). The SMILES string of the molecule is COc1ccc(NC(=O)c2nnc(CSc3ccc4c(c3)OCCO4)s2)cc1. The molecule has 144 valence electrons. The van der Waals surface area contributed by atoms with E-state index in [4.69, 9.17) is 14.2 Å². The van der Waals surface area contributed by atoms with Crippen molar-refractivity contribution in [1.82, 2.24) is 10.2 Å². The Balaban J connectivity index is 1.35. The van der Waals surface area contributed by atoms with Crippen LogP contribution in [0.5, 0.6) is 17.2 Å². The minimum Gasteiger partial charge on any atom is -0.497 e. The minimum absolute atomic E-state index is 0.279. The molecule has 0 atom stereocenters. The number of rotatable bonds is 6. The fourth-order valence-electron chi connectivity index (χ4n) is 2.52. The second-order valence-electron chi connectivity index (χ2n) is 5.78. The van der Waals surface area contributed by atoms with Crippen LogP contribution < -0.4 is 19.5 Å². The molecule has 28 heavy (non-hydrogen) atoms. The highest BCUT2D eigenvalue weighted by Gasteiger charge is 2.15. The predicted molar refractivity (Wildman–Crippen MR) is 108 cm³/mol. The summed E-state index contributed by atoms with van der Waals surface area (Å²) in [6.07, 6.45) is 0. The molecule has 9 heteroatoms. The van der Waals surface area contributed by atoms with E-state index < -0.39 is 0 Å². The van der Waals surface area contributed by atoms with Crippen molar-refractivity contribution in [3.05, 3.63) is 52.5 Å². The number of methoxy groups -OCH3 is 1. The molecule has 2 aromatic carbocycles. The van der Waals surface area contributed by atoms with E-state index in [-0.39, 0.29) is 5.91 Å². The summed E-state index contributed by atoms with van der Waals surface area (Å²) in [4.78, 5) is 13.4. The maximum atomic E-state index is 12.3. The average molecular weight is 415 g/mol. The Labute approximate surface area is 170 Å². The van der Waals surface area contributed by atoms with E-state index in [0.29, 0.717) is 29.7 Å². The molecule has 0 saturated heterocycles. The third-order valence-corrected chi connectivity index (χ3v) is 5.99. The number of amides is 1. The Morgan fingerprint density at radius 1 is 1.14 bits per heavy atom. The van der Waals surface area contributed by atoms with Crippen molar-refractivity contribution in [3.8, 4) is 17.2 Å². The molecule has 2 heterocycles. The molecule has 1 aromatic heterocycles. The average Bonchev–Trinajstić information content (AvgIpc) is 3.22. The Hall–Kier alpha value is -2.78. The third-order valence-electron chi connectivity index (χ3n) is 3.88. The molecular formula is C19H17N3O4S2. The Morgan fingerprint density at radius 3 is 2.71 bits per heavy atom. The van der Waals surface area contributed by atoms with Gasteiger partial charge in [0.25, 0.3) is 5.91 Å². The van der Waals surface area contributed by atoms with Gasteiger partial charge in [0.15, 0.2) is 11.5 Å². The van der Waals surface area contributed by atoms with Gasteiger partial charge in [-0.05, 0) is 42.5 Å². The fraction of sp³-hybridized carbons (Fsp3) is 0.211. The van der Waals surface area contributed by atoms with Gasteiger partial charge in [-0.15, -0.1) is 22.0 Å². The van der Waals surface area contributed by atoms with E-state index in [2.05, 4.69) is 15.5 Å². The standard InChI is InChI=1S/C19H17N3O4S2/c1-24-13-4-2-12(3-5-13)20-18(23)19-22-21-17(28-19)11-27-14-6-7-15-16(10-14)26-9-8-25-15/h2-7,10H,8-9,11H2,1H3,(H,20,23). The third kappa shape index (κ3) is 4.37. The highest BCUT2D eigenvalue weighted by Crippen LogP contribution is 2.35. The largest absolute Gasteiger partial charge is 0.497 e. The predicted octanol–water partition coefficient (Wildman–Crippen LogP) is 3.86. The van der Waals surface area contributed by atoms with Crippen LogP contribution in [0.15, 0.2) is 47.4 Å². The Bertz CT molecular complexity index is 976. The summed E-state index contributed by atoms with van der Waals surface area (Å²) in [5.74, 6) is 2.59. The number of ether oxygens (including phenoxy) is 3. The van der Waals surface area contributed by atoms with E-state index >= 15 is 0 Å². The van der Waals surface area contributed by atoms with Gasteiger partial charge < -0.3 is 19.5 Å². The summed E-state index contributed by atoms with van der Waals surface area (Å²) >= 11 is 2.89. The molecule has 7 nitrogen and oxygen atoms in total. The Kier molecular flexibility index (Phi) is 5.63. The minimum atomic E-state index is -0.279. The zero-order valence-electron chi connectivity index (χ0n) is 15.0. The smallest absolute Gasteiger partial charge is 0.286 e. The first-order chi connectivity index (χ1) is 13.7. The molecule has 1 N–H and O–H groups in total. The van der Waals surface area contributed by atoms with Crippen LogP contribution in [0.25, 0.3) is 0 Å². The van der Waals surface area contributed by atoms with Gasteiger partial charge in [0.05, 0.1) is 12.9 Å². The first-order valence-electron chi connectivity index (χ1n) is 8.51. The molecule has 1 aliphatic rings. The van der Waals surface area contributed by atoms with Gasteiger partial charge >= 0.3 is 0 Å². The number of benzene rings is 2. The number of fused-ring (bicyclic) bond motifs is 1.